The molecule has 1 spiro atoms. The Morgan fingerprint density at radius 3 is 2.42 bits per heavy atom. The lowest BCUT2D eigenvalue weighted by Gasteiger charge is -2.31. The van der Waals surface area contributed by atoms with E-state index < -0.39 is 53.6 Å². The number of hydrogen-bond donors (Lipinski definition) is 2. The van der Waals surface area contributed by atoms with E-state index >= 15 is 0 Å². The van der Waals surface area contributed by atoms with Crippen LogP contribution in [0.4, 0.5) is 0 Å². The highest BCUT2D eigenvalue weighted by Crippen LogP contribution is 2.45. The summed E-state index contributed by atoms with van der Waals surface area (Å²) in [5, 5.41) is 12.8. The number of rotatable bonds is 10. The molecule has 0 radical (unpaired) electrons. The number of likely N-dealkylation sites (N-methyl/N-ethyl adjacent to an activating group) is 1. The van der Waals surface area contributed by atoms with Crippen LogP contribution in [0.3, 0.4) is 0 Å². The van der Waals surface area contributed by atoms with E-state index in [1.165, 1.54) is 11.0 Å². The maximum Gasteiger partial charge on any atom is 0.338 e. The van der Waals surface area contributed by atoms with Crippen molar-refractivity contribution in [3.05, 3.63) is 88.5 Å². The first-order valence-corrected chi connectivity index (χ1v) is 16.2. The molecule has 0 aromatic heterocycles. The van der Waals surface area contributed by atoms with Gasteiger partial charge in [0.1, 0.15) is 23.9 Å². The summed E-state index contributed by atoms with van der Waals surface area (Å²) < 4.78 is 24.5. The number of ether oxygens (including phenoxy) is 4. The van der Waals surface area contributed by atoms with Crippen LogP contribution >= 0.6 is 0 Å². The topological polar surface area (TPSA) is 141 Å². The molecule has 0 saturated carbocycles. The van der Waals surface area contributed by atoms with E-state index in [-0.39, 0.29) is 37.3 Å². The third kappa shape index (κ3) is 8.58. The lowest BCUT2D eigenvalue weighted by atomic mass is 9.91. The van der Waals surface area contributed by atoms with Gasteiger partial charge in [-0.1, -0.05) is 36.4 Å². The molecule has 1 aliphatic heterocycles. The second-order valence-electron chi connectivity index (χ2n) is 13.7. The predicted octanol–water partition coefficient (Wildman–Crippen LogP) is 3.52. The molecule has 2 aromatic rings. The summed E-state index contributed by atoms with van der Waals surface area (Å²) in [6.07, 6.45) is 3.83. The monoisotopic (exact) mass is 660 g/mol. The normalized spacial score (nSPS) is 21.6. The number of nitrogens with one attached hydrogen (secondary N) is 1. The molecule has 11 heteroatoms. The minimum absolute atomic E-state index is 0.0182. The molecule has 2 N–H and O–H groups in total. The first kappa shape index (κ1) is 35.0. The fourth-order valence-electron chi connectivity index (χ4n) is 6.13. The molecular weight excluding hydrogens is 616 g/mol. The predicted molar refractivity (Wildman–Crippen MR) is 176 cm³/mol. The highest BCUT2D eigenvalue weighted by atomic mass is 16.8. The van der Waals surface area contributed by atoms with E-state index in [9.17, 15) is 24.3 Å². The first-order chi connectivity index (χ1) is 22.7. The SMILES string of the molecule is CN(C)C(=O)C=Cc1cccc(C(=O)O[C@@H]2CC(C(=O)N[C@H](CO)CCC(=O)OC(C)(C)C)=C[C@H]3OC4(Cc5ccccc5C4)O[C@H]32)c1. The Hall–Kier alpha value is -4.32. The van der Waals surface area contributed by atoms with Crippen LogP contribution in [0, 0.1) is 0 Å². The Kier molecular flexibility index (Phi) is 10.5. The summed E-state index contributed by atoms with van der Waals surface area (Å²) >= 11 is 0. The van der Waals surface area contributed by atoms with Crippen LogP contribution in [-0.2, 0) is 46.2 Å². The Morgan fingerprint density at radius 2 is 1.77 bits per heavy atom. The van der Waals surface area contributed by atoms with Gasteiger partial charge in [-0.2, -0.15) is 0 Å². The lowest BCUT2D eigenvalue weighted by molar-refractivity contribution is -0.172. The second-order valence-corrected chi connectivity index (χ2v) is 13.7. The van der Waals surface area contributed by atoms with Gasteiger partial charge >= 0.3 is 11.9 Å². The van der Waals surface area contributed by atoms with Crippen molar-refractivity contribution in [2.24, 2.45) is 0 Å². The average Bonchev–Trinajstić information content (AvgIpc) is 3.58. The number of hydrogen-bond acceptors (Lipinski definition) is 9. The van der Waals surface area contributed by atoms with Crippen molar-refractivity contribution in [2.45, 2.75) is 88.6 Å². The molecule has 256 valence electrons. The van der Waals surface area contributed by atoms with Gasteiger partial charge in [-0.3, -0.25) is 14.4 Å². The van der Waals surface area contributed by atoms with Crippen LogP contribution in [0.25, 0.3) is 6.08 Å². The molecule has 5 rings (SSSR count). The number of carbonyl (C=O) groups excluding carboxylic acids is 4. The van der Waals surface area contributed by atoms with Crippen LogP contribution in [0.2, 0.25) is 0 Å². The number of amides is 2. The highest BCUT2D eigenvalue weighted by molar-refractivity contribution is 5.95. The van der Waals surface area contributed by atoms with Gasteiger partial charge in [0.2, 0.25) is 11.8 Å². The summed E-state index contributed by atoms with van der Waals surface area (Å²) in [5.41, 5.74) is 2.82. The van der Waals surface area contributed by atoms with Gasteiger partial charge < -0.3 is 34.3 Å². The molecule has 2 aliphatic carbocycles. The smallest absolute Gasteiger partial charge is 0.338 e. The second kappa shape index (κ2) is 14.4. The summed E-state index contributed by atoms with van der Waals surface area (Å²) in [7, 11) is 3.30. The van der Waals surface area contributed by atoms with Gasteiger partial charge in [0.15, 0.2) is 5.79 Å². The van der Waals surface area contributed by atoms with Gasteiger partial charge in [-0.25, -0.2) is 4.79 Å². The van der Waals surface area contributed by atoms with Crippen LogP contribution in [0.15, 0.2) is 66.3 Å². The Morgan fingerprint density at radius 1 is 1.06 bits per heavy atom. The zero-order chi connectivity index (χ0) is 34.6. The van der Waals surface area contributed by atoms with Crippen molar-refractivity contribution in [1.29, 1.82) is 0 Å². The van der Waals surface area contributed by atoms with E-state index in [1.54, 1.807) is 71.3 Å². The number of aliphatic hydroxyl groups excluding tert-OH is 1. The molecule has 1 heterocycles. The van der Waals surface area contributed by atoms with Crippen LogP contribution in [-0.4, -0.2) is 90.2 Å². The summed E-state index contributed by atoms with van der Waals surface area (Å²) in [4.78, 5) is 52.8. The van der Waals surface area contributed by atoms with Crippen molar-refractivity contribution in [1.82, 2.24) is 10.2 Å². The molecule has 2 aromatic carbocycles. The fourth-order valence-corrected chi connectivity index (χ4v) is 6.13. The Balaban J connectivity index is 1.33. The van der Waals surface area contributed by atoms with Crippen LogP contribution in [0.5, 0.6) is 0 Å². The van der Waals surface area contributed by atoms with Crippen molar-refractivity contribution in [3.8, 4) is 0 Å². The standard InChI is InChI=1S/C37H44N2O9/c1-36(2,3)47-32(42)16-14-28(22-40)38-34(43)27-18-29(45-35(44)24-12-8-9-23(17-24)13-15-31(41)39(4)5)33-30(19-27)46-37(48-33)20-25-10-6-7-11-26(25)21-37/h6-13,15,17,19,28-30,33,40H,14,16,18,20-22H2,1-5H3,(H,38,43)/t28-,29+,30+,33-/m0/s1. The highest BCUT2D eigenvalue weighted by Gasteiger charge is 2.55. The van der Waals surface area contributed by atoms with Gasteiger partial charge in [0, 0.05) is 51.4 Å². The molecule has 3 aliphatic rings. The number of benzene rings is 2. The maximum atomic E-state index is 13.6. The lowest BCUT2D eigenvalue weighted by Crippen LogP contribution is -2.45. The largest absolute Gasteiger partial charge is 0.460 e. The zero-order valence-corrected chi connectivity index (χ0v) is 28.1. The van der Waals surface area contributed by atoms with Crippen LogP contribution < -0.4 is 5.32 Å². The fraction of sp³-hybridized carbons (Fsp3) is 0.459. The number of esters is 2. The van der Waals surface area contributed by atoms with E-state index in [0.29, 0.717) is 24.0 Å². The molecular formula is C37H44N2O9. The molecule has 48 heavy (non-hydrogen) atoms. The van der Waals surface area contributed by atoms with E-state index in [2.05, 4.69) is 5.32 Å². The summed E-state index contributed by atoms with van der Waals surface area (Å²) in [5.74, 6) is -2.65. The van der Waals surface area contributed by atoms with E-state index in [4.69, 9.17) is 18.9 Å². The summed E-state index contributed by atoms with van der Waals surface area (Å²) in [6.45, 7) is 4.94. The maximum absolute atomic E-state index is 13.6. The Labute approximate surface area is 280 Å². The average molecular weight is 661 g/mol. The van der Waals surface area contributed by atoms with Gasteiger partial charge in [-0.15, -0.1) is 0 Å². The Bertz CT molecular complexity index is 1580. The third-order valence-electron chi connectivity index (χ3n) is 8.42. The molecule has 1 fully saturated rings. The van der Waals surface area contributed by atoms with Crippen molar-refractivity contribution < 1.29 is 43.2 Å². The van der Waals surface area contributed by atoms with Crippen molar-refractivity contribution >= 4 is 29.8 Å². The first-order valence-electron chi connectivity index (χ1n) is 16.2. The third-order valence-corrected chi connectivity index (χ3v) is 8.42. The van der Waals surface area contributed by atoms with E-state index in [1.807, 2.05) is 24.3 Å². The molecule has 11 nitrogen and oxygen atoms in total. The van der Waals surface area contributed by atoms with Crippen molar-refractivity contribution in [3.63, 3.8) is 0 Å². The summed E-state index contributed by atoms with van der Waals surface area (Å²) in [6, 6.07) is 14.0. The molecule has 1 saturated heterocycles. The number of fused-ring (bicyclic) bond motifs is 2. The van der Waals surface area contributed by atoms with Gasteiger partial charge in [0.05, 0.1) is 18.2 Å². The zero-order valence-electron chi connectivity index (χ0n) is 28.1. The van der Waals surface area contributed by atoms with Crippen molar-refractivity contribution in [2.75, 3.05) is 20.7 Å². The van der Waals surface area contributed by atoms with Gasteiger partial charge in [-0.05, 0) is 68.2 Å². The van der Waals surface area contributed by atoms with E-state index in [0.717, 1.165) is 11.1 Å². The quantitative estimate of drug-likeness (QED) is 0.289. The van der Waals surface area contributed by atoms with Crippen LogP contribution in [0.1, 0.15) is 67.1 Å². The molecule has 0 bridgehead atoms. The number of nitrogens with zero attached hydrogens (tertiary/aromatic N) is 1. The minimum atomic E-state index is -0.961. The molecule has 2 amide bonds. The number of carbonyl (C=O) groups is 4. The molecule has 0 unspecified atom stereocenters. The molecule has 4 atom stereocenters. The van der Waals surface area contributed by atoms with Gasteiger partial charge in [0.25, 0.3) is 0 Å². The number of aliphatic hydroxyl groups is 1. The minimum Gasteiger partial charge on any atom is -0.460 e.